The van der Waals surface area contributed by atoms with Crippen LogP contribution in [-0.2, 0) is 16.4 Å². The second-order valence-electron chi connectivity index (χ2n) is 7.92. The number of rotatable bonds is 4. The standard InChI is InChI=1S/C20H20ClN5O4S/c1-31(29,30)20-13-4-5-22-9-16(13)25(24-20)10-19-23-14-6-11(21)2-3-15(14)26(19)12-7-17(27)18(28)8-12/h2-6,9,12,17-18,27-28H,7-8,10H2,1H3/t12?,17-,18?/m1/s1. The molecule has 5 rings (SSSR count). The number of hydrogen-bond acceptors (Lipinski definition) is 7. The average Bonchev–Trinajstić information content (AvgIpc) is 3.35. The average molecular weight is 462 g/mol. The van der Waals surface area contributed by atoms with Crippen molar-refractivity contribution in [2.45, 2.75) is 42.7 Å². The predicted molar refractivity (Wildman–Crippen MR) is 115 cm³/mol. The van der Waals surface area contributed by atoms with Gasteiger partial charge in [0.05, 0.1) is 41.5 Å². The second kappa shape index (κ2) is 7.27. The molecular weight excluding hydrogens is 442 g/mol. The summed E-state index contributed by atoms with van der Waals surface area (Å²) in [5.41, 5.74) is 2.07. The summed E-state index contributed by atoms with van der Waals surface area (Å²) in [4.78, 5) is 8.84. The van der Waals surface area contributed by atoms with Gasteiger partial charge in [-0.15, -0.1) is 0 Å². The monoisotopic (exact) mass is 461 g/mol. The molecule has 1 fully saturated rings. The van der Waals surface area contributed by atoms with Crippen LogP contribution in [0.5, 0.6) is 0 Å². The molecule has 4 aromatic rings. The molecule has 2 unspecified atom stereocenters. The van der Waals surface area contributed by atoms with Crippen LogP contribution in [-0.4, -0.2) is 61.4 Å². The number of nitrogens with zero attached hydrogens (tertiary/aromatic N) is 5. The van der Waals surface area contributed by atoms with Crippen molar-refractivity contribution in [1.82, 2.24) is 24.3 Å². The molecular formula is C20H20ClN5O4S. The number of aliphatic hydroxyl groups is 2. The Morgan fingerprint density at radius 2 is 1.90 bits per heavy atom. The van der Waals surface area contributed by atoms with Crippen molar-refractivity contribution in [3.05, 3.63) is 47.5 Å². The Kier molecular flexibility index (Phi) is 4.78. The van der Waals surface area contributed by atoms with Gasteiger partial charge in [0.15, 0.2) is 14.9 Å². The van der Waals surface area contributed by atoms with E-state index in [1.165, 1.54) is 6.20 Å². The first-order valence-electron chi connectivity index (χ1n) is 9.75. The smallest absolute Gasteiger partial charge is 0.195 e. The number of aliphatic hydroxyl groups excluding tert-OH is 2. The molecule has 9 nitrogen and oxygen atoms in total. The fourth-order valence-corrected chi connectivity index (χ4v) is 5.32. The van der Waals surface area contributed by atoms with Gasteiger partial charge in [-0.1, -0.05) is 11.6 Å². The molecule has 0 saturated heterocycles. The summed E-state index contributed by atoms with van der Waals surface area (Å²) in [6.45, 7) is 0.187. The van der Waals surface area contributed by atoms with Crippen molar-refractivity contribution in [2.75, 3.05) is 6.26 Å². The molecule has 0 radical (unpaired) electrons. The fraction of sp³-hybridized carbons (Fsp3) is 0.350. The summed E-state index contributed by atoms with van der Waals surface area (Å²) in [5.74, 6) is 0.622. The molecule has 0 aliphatic heterocycles. The normalized spacial score (nSPS) is 22.0. The lowest BCUT2D eigenvalue weighted by Gasteiger charge is -2.17. The summed E-state index contributed by atoms with van der Waals surface area (Å²) in [5, 5.41) is 25.6. The third-order valence-electron chi connectivity index (χ3n) is 5.72. The Hall–Kier alpha value is -2.53. The third kappa shape index (κ3) is 3.49. The van der Waals surface area contributed by atoms with Gasteiger partial charge >= 0.3 is 0 Å². The molecule has 3 heterocycles. The van der Waals surface area contributed by atoms with Crippen LogP contribution in [0.1, 0.15) is 24.7 Å². The van der Waals surface area contributed by atoms with E-state index in [1.807, 2.05) is 10.6 Å². The minimum atomic E-state index is -3.54. The number of imidazole rings is 1. The molecule has 162 valence electrons. The van der Waals surface area contributed by atoms with Gasteiger partial charge in [-0.3, -0.25) is 9.67 Å². The molecule has 1 aliphatic rings. The van der Waals surface area contributed by atoms with E-state index in [0.717, 1.165) is 11.8 Å². The molecule has 11 heteroatoms. The first-order valence-corrected chi connectivity index (χ1v) is 12.0. The molecule has 3 atom stereocenters. The molecule has 0 spiro atoms. The fourth-order valence-electron chi connectivity index (χ4n) is 4.34. The summed E-state index contributed by atoms with van der Waals surface area (Å²) < 4.78 is 28.1. The van der Waals surface area contributed by atoms with E-state index >= 15 is 0 Å². The van der Waals surface area contributed by atoms with Crippen LogP contribution in [0.25, 0.3) is 21.9 Å². The number of hydrogen-bond donors (Lipinski definition) is 2. The highest BCUT2D eigenvalue weighted by Gasteiger charge is 2.34. The zero-order valence-corrected chi connectivity index (χ0v) is 18.1. The van der Waals surface area contributed by atoms with Crippen molar-refractivity contribution < 1.29 is 18.6 Å². The lowest BCUT2D eigenvalue weighted by atomic mass is 10.2. The van der Waals surface area contributed by atoms with Gasteiger partial charge in [-0.25, -0.2) is 13.4 Å². The van der Waals surface area contributed by atoms with Crippen molar-refractivity contribution in [2.24, 2.45) is 0 Å². The van der Waals surface area contributed by atoms with Crippen LogP contribution >= 0.6 is 11.6 Å². The Morgan fingerprint density at radius 1 is 1.16 bits per heavy atom. The minimum absolute atomic E-state index is 0.0117. The molecule has 0 bridgehead atoms. The van der Waals surface area contributed by atoms with E-state index in [1.54, 1.807) is 29.1 Å². The highest BCUT2D eigenvalue weighted by Crippen LogP contribution is 2.35. The first-order chi connectivity index (χ1) is 14.7. The summed E-state index contributed by atoms with van der Waals surface area (Å²) in [7, 11) is -3.54. The molecule has 31 heavy (non-hydrogen) atoms. The van der Waals surface area contributed by atoms with Crippen LogP contribution in [0.4, 0.5) is 0 Å². The first kappa shape index (κ1) is 20.4. The lowest BCUT2D eigenvalue weighted by molar-refractivity contribution is 0.0438. The lowest BCUT2D eigenvalue weighted by Crippen LogP contribution is -2.17. The van der Waals surface area contributed by atoms with E-state index in [9.17, 15) is 18.6 Å². The quantitative estimate of drug-likeness (QED) is 0.476. The molecule has 0 amide bonds. The van der Waals surface area contributed by atoms with Crippen LogP contribution in [0.3, 0.4) is 0 Å². The van der Waals surface area contributed by atoms with Gasteiger partial charge in [0.1, 0.15) is 5.82 Å². The Bertz CT molecular complexity index is 1400. The largest absolute Gasteiger partial charge is 0.390 e. The van der Waals surface area contributed by atoms with Crippen LogP contribution < -0.4 is 0 Å². The number of halogens is 1. The highest BCUT2D eigenvalue weighted by molar-refractivity contribution is 7.90. The summed E-state index contributed by atoms with van der Waals surface area (Å²) >= 11 is 6.16. The van der Waals surface area contributed by atoms with E-state index in [0.29, 0.717) is 40.1 Å². The summed E-state index contributed by atoms with van der Waals surface area (Å²) in [6.07, 6.45) is 3.38. The van der Waals surface area contributed by atoms with Gasteiger partial charge in [-0.2, -0.15) is 5.10 Å². The molecule has 1 saturated carbocycles. The topological polar surface area (TPSA) is 123 Å². The van der Waals surface area contributed by atoms with Crippen LogP contribution in [0, 0.1) is 0 Å². The van der Waals surface area contributed by atoms with Crippen molar-refractivity contribution in [1.29, 1.82) is 0 Å². The highest BCUT2D eigenvalue weighted by atomic mass is 35.5. The second-order valence-corrected chi connectivity index (χ2v) is 10.3. The van der Waals surface area contributed by atoms with E-state index < -0.39 is 22.0 Å². The number of benzene rings is 1. The maximum Gasteiger partial charge on any atom is 0.195 e. The number of aromatic nitrogens is 5. The van der Waals surface area contributed by atoms with E-state index in [2.05, 4.69) is 10.1 Å². The SMILES string of the molecule is CS(=O)(=O)c1nn(Cc2nc3cc(Cl)ccc3n2C2CC(O)[C@H](O)C2)c2cnccc12. The number of pyridine rings is 1. The number of sulfone groups is 1. The number of fused-ring (bicyclic) bond motifs is 2. The van der Waals surface area contributed by atoms with Crippen molar-refractivity contribution >= 4 is 43.4 Å². The zero-order chi connectivity index (χ0) is 21.9. The predicted octanol–water partition coefficient (Wildman–Crippen LogP) is 1.94. The van der Waals surface area contributed by atoms with Crippen molar-refractivity contribution in [3.8, 4) is 0 Å². The molecule has 1 aromatic carbocycles. The van der Waals surface area contributed by atoms with Gasteiger partial charge in [0.25, 0.3) is 0 Å². The third-order valence-corrected chi connectivity index (χ3v) is 6.96. The Balaban J connectivity index is 1.67. The van der Waals surface area contributed by atoms with Crippen molar-refractivity contribution in [3.63, 3.8) is 0 Å². The van der Waals surface area contributed by atoms with Crippen LogP contribution in [0.15, 0.2) is 41.7 Å². The zero-order valence-electron chi connectivity index (χ0n) is 16.6. The molecule has 3 aromatic heterocycles. The minimum Gasteiger partial charge on any atom is -0.390 e. The van der Waals surface area contributed by atoms with Gasteiger partial charge < -0.3 is 14.8 Å². The maximum atomic E-state index is 12.3. The van der Waals surface area contributed by atoms with E-state index in [-0.39, 0.29) is 17.6 Å². The van der Waals surface area contributed by atoms with Gasteiger partial charge in [0, 0.05) is 28.9 Å². The van der Waals surface area contributed by atoms with Gasteiger partial charge in [-0.05, 0) is 37.1 Å². The molecule has 2 N–H and O–H groups in total. The maximum absolute atomic E-state index is 12.3. The van der Waals surface area contributed by atoms with Crippen LogP contribution in [0.2, 0.25) is 5.02 Å². The van der Waals surface area contributed by atoms with E-state index in [4.69, 9.17) is 16.6 Å². The Labute approximate surface area is 182 Å². The van der Waals surface area contributed by atoms with Gasteiger partial charge in [0.2, 0.25) is 0 Å². The summed E-state index contributed by atoms with van der Waals surface area (Å²) in [6, 6.07) is 6.84. The Morgan fingerprint density at radius 3 is 2.61 bits per heavy atom. The molecule has 1 aliphatic carbocycles.